The second-order valence-corrected chi connectivity index (χ2v) is 7.17. The van der Waals surface area contributed by atoms with Crippen LogP contribution >= 0.6 is 0 Å². The summed E-state index contributed by atoms with van der Waals surface area (Å²) in [5.41, 5.74) is 2.79. The number of fused-ring (bicyclic) bond motifs is 1. The molecule has 1 aliphatic rings. The molecule has 0 atom stereocenters. The molecule has 3 heterocycles. The maximum Gasteiger partial charge on any atom is 0.294 e. The lowest BCUT2D eigenvalue weighted by atomic mass is 10.0. The van der Waals surface area contributed by atoms with E-state index in [0.717, 1.165) is 35.5 Å². The Morgan fingerprint density at radius 1 is 1.10 bits per heavy atom. The second kappa shape index (κ2) is 9.11. The highest BCUT2D eigenvalue weighted by molar-refractivity contribution is 6.43. The number of aromatic nitrogens is 1. The molecule has 0 spiro atoms. The van der Waals surface area contributed by atoms with Gasteiger partial charge in [0.1, 0.15) is 11.4 Å². The zero-order valence-corrected chi connectivity index (χ0v) is 17.0. The summed E-state index contributed by atoms with van der Waals surface area (Å²) in [7, 11) is 1.61. The maximum absolute atomic E-state index is 13.1. The van der Waals surface area contributed by atoms with Crippen LogP contribution in [0.3, 0.4) is 0 Å². The minimum atomic E-state index is -0.595. The molecule has 1 amide bonds. The van der Waals surface area contributed by atoms with Gasteiger partial charge in [-0.2, -0.15) is 0 Å². The average molecular weight is 407 g/mol. The number of ether oxygens (including phenoxy) is 2. The lowest BCUT2D eigenvalue weighted by Gasteiger charge is -2.26. The number of nitrogens with one attached hydrogen (secondary N) is 1. The van der Waals surface area contributed by atoms with E-state index in [2.05, 4.69) is 10.2 Å². The largest absolute Gasteiger partial charge is 0.497 e. The van der Waals surface area contributed by atoms with Gasteiger partial charge in [-0.25, -0.2) is 0 Å². The van der Waals surface area contributed by atoms with Gasteiger partial charge in [0.25, 0.3) is 11.7 Å². The first kappa shape index (κ1) is 20.1. The average Bonchev–Trinajstić information content (AvgIpc) is 3.19. The van der Waals surface area contributed by atoms with Crippen LogP contribution in [-0.2, 0) is 9.53 Å². The summed E-state index contributed by atoms with van der Waals surface area (Å²) in [5.74, 6) is -0.410. The van der Waals surface area contributed by atoms with E-state index in [1.807, 2.05) is 48.5 Å². The van der Waals surface area contributed by atoms with Crippen molar-refractivity contribution in [3.63, 3.8) is 0 Å². The third-order valence-electron chi connectivity index (χ3n) is 5.32. The lowest BCUT2D eigenvalue weighted by Crippen LogP contribution is -2.42. The molecular weight excluding hydrogens is 382 g/mol. The van der Waals surface area contributed by atoms with E-state index in [0.29, 0.717) is 32.0 Å². The van der Waals surface area contributed by atoms with Crippen LogP contribution in [0.1, 0.15) is 10.5 Å². The Hall–Kier alpha value is -3.16. The third kappa shape index (κ3) is 4.22. The van der Waals surface area contributed by atoms with E-state index >= 15 is 0 Å². The zero-order chi connectivity index (χ0) is 20.9. The fourth-order valence-electron chi connectivity index (χ4n) is 3.69. The van der Waals surface area contributed by atoms with E-state index in [4.69, 9.17) is 9.47 Å². The molecule has 1 fully saturated rings. The molecule has 0 radical (unpaired) electrons. The first-order valence-corrected chi connectivity index (χ1v) is 10.0. The van der Waals surface area contributed by atoms with Crippen molar-refractivity contribution in [2.45, 2.75) is 0 Å². The summed E-state index contributed by atoms with van der Waals surface area (Å²) < 4.78 is 12.3. The number of carbonyl (C=O) groups excluding carboxylic acids is 2. The molecule has 1 aromatic carbocycles. The van der Waals surface area contributed by atoms with Crippen molar-refractivity contribution in [1.29, 1.82) is 0 Å². The van der Waals surface area contributed by atoms with Crippen LogP contribution in [0.4, 0.5) is 0 Å². The van der Waals surface area contributed by atoms with Crippen molar-refractivity contribution in [3.05, 3.63) is 60.4 Å². The lowest BCUT2D eigenvalue weighted by molar-refractivity contribution is -0.117. The molecule has 3 aromatic rings. The molecule has 4 rings (SSSR count). The molecule has 0 bridgehead atoms. The monoisotopic (exact) mass is 407 g/mol. The maximum atomic E-state index is 13.1. The van der Waals surface area contributed by atoms with Gasteiger partial charge in [-0.3, -0.25) is 14.5 Å². The smallest absolute Gasteiger partial charge is 0.294 e. The molecule has 7 nitrogen and oxygen atoms in total. The predicted octanol–water partition coefficient (Wildman–Crippen LogP) is 2.25. The van der Waals surface area contributed by atoms with Crippen molar-refractivity contribution in [1.82, 2.24) is 14.6 Å². The van der Waals surface area contributed by atoms with E-state index in [9.17, 15) is 9.59 Å². The van der Waals surface area contributed by atoms with Gasteiger partial charge in [-0.15, -0.1) is 0 Å². The molecule has 156 valence electrons. The van der Waals surface area contributed by atoms with Gasteiger partial charge in [-0.05, 0) is 35.9 Å². The molecule has 7 heteroatoms. The number of nitrogens with zero attached hydrogens (tertiary/aromatic N) is 2. The number of amides is 1. The fourth-order valence-corrected chi connectivity index (χ4v) is 3.69. The highest BCUT2D eigenvalue weighted by Crippen LogP contribution is 2.29. The second-order valence-electron chi connectivity index (χ2n) is 7.17. The normalized spacial score (nSPS) is 14.6. The van der Waals surface area contributed by atoms with Crippen LogP contribution in [0.25, 0.3) is 16.6 Å². The van der Waals surface area contributed by atoms with Gasteiger partial charge in [0, 0.05) is 43.5 Å². The zero-order valence-electron chi connectivity index (χ0n) is 17.0. The number of hydrogen-bond acceptors (Lipinski definition) is 5. The van der Waals surface area contributed by atoms with Gasteiger partial charge < -0.3 is 19.2 Å². The summed E-state index contributed by atoms with van der Waals surface area (Å²) in [6.07, 6.45) is 1.80. The summed E-state index contributed by atoms with van der Waals surface area (Å²) in [6.45, 7) is 4.21. The highest BCUT2D eigenvalue weighted by atomic mass is 16.5. The Kier molecular flexibility index (Phi) is 6.11. The summed E-state index contributed by atoms with van der Waals surface area (Å²) >= 11 is 0. The highest BCUT2D eigenvalue weighted by Gasteiger charge is 2.24. The number of Topliss-reactive ketones (excluding diaryl/α,β-unsaturated/α-hetero) is 1. The van der Waals surface area contributed by atoms with E-state index in [-0.39, 0.29) is 0 Å². The van der Waals surface area contributed by atoms with Gasteiger partial charge in [0.2, 0.25) is 0 Å². The Morgan fingerprint density at radius 3 is 2.60 bits per heavy atom. The molecular formula is C23H25N3O4. The van der Waals surface area contributed by atoms with Gasteiger partial charge >= 0.3 is 0 Å². The Morgan fingerprint density at radius 2 is 1.87 bits per heavy atom. The number of ketones is 1. The molecule has 0 saturated carbocycles. The van der Waals surface area contributed by atoms with Crippen molar-refractivity contribution in [3.8, 4) is 16.9 Å². The molecule has 1 saturated heterocycles. The van der Waals surface area contributed by atoms with E-state index in [1.165, 1.54) is 0 Å². The molecule has 0 unspecified atom stereocenters. The predicted molar refractivity (Wildman–Crippen MR) is 114 cm³/mol. The molecule has 0 aliphatic carbocycles. The fraction of sp³-hybridized carbons (Fsp3) is 0.304. The first-order valence-electron chi connectivity index (χ1n) is 10.0. The standard InChI is InChI=1S/C23H25N3O4/c1-29-19-7-5-17(6-8-19)20-16-18-4-2-3-10-26(18)21(20)22(27)23(28)24-9-11-25-12-14-30-15-13-25/h2-8,10,16H,9,11-15H2,1H3,(H,24,28). The van der Waals surface area contributed by atoms with Crippen LogP contribution in [-0.4, -0.2) is 67.5 Å². The third-order valence-corrected chi connectivity index (χ3v) is 5.32. The van der Waals surface area contributed by atoms with Crippen LogP contribution in [0.2, 0.25) is 0 Å². The van der Waals surface area contributed by atoms with Crippen molar-refractivity contribution in [2.24, 2.45) is 0 Å². The number of hydrogen-bond donors (Lipinski definition) is 1. The molecule has 30 heavy (non-hydrogen) atoms. The molecule has 2 aromatic heterocycles. The van der Waals surface area contributed by atoms with Gasteiger partial charge in [0.05, 0.1) is 20.3 Å². The summed E-state index contributed by atoms with van der Waals surface area (Å²) in [4.78, 5) is 28.0. The first-order chi connectivity index (χ1) is 14.7. The van der Waals surface area contributed by atoms with Crippen molar-refractivity contribution >= 4 is 17.2 Å². The Bertz CT molecular complexity index is 1040. The molecule has 1 N–H and O–H groups in total. The quantitative estimate of drug-likeness (QED) is 0.480. The van der Waals surface area contributed by atoms with Crippen LogP contribution in [0, 0.1) is 0 Å². The minimum Gasteiger partial charge on any atom is -0.497 e. The van der Waals surface area contributed by atoms with E-state index in [1.54, 1.807) is 17.7 Å². The number of carbonyl (C=O) groups is 2. The number of methoxy groups -OCH3 is 1. The molecule has 1 aliphatic heterocycles. The number of rotatable bonds is 7. The van der Waals surface area contributed by atoms with E-state index < -0.39 is 11.7 Å². The number of morpholine rings is 1. The van der Waals surface area contributed by atoms with Gasteiger partial charge in [-0.1, -0.05) is 18.2 Å². The van der Waals surface area contributed by atoms with Crippen molar-refractivity contribution < 1.29 is 19.1 Å². The van der Waals surface area contributed by atoms with Gasteiger partial charge in [0.15, 0.2) is 0 Å². The number of pyridine rings is 1. The number of benzene rings is 1. The summed E-state index contributed by atoms with van der Waals surface area (Å²) in [6, 6.07) is 15.1. The Balaban J connectivity index is 1.56. The van der Waals surface area contributed by atoms with Crippen LogP contribution in [0.15, 0.2) is 54.7 Å². The van der Waals surface area contributed by atoms with Crippen LogP contribution in [0.5, 0.6) is 5.75 Å². The topological polar surface area (TPSA) is 72.3 Å². The SMILES string of the molecule is COc1ccc(-c2cc3ccccn3c2C(=O)C(=O)NCCN2CCOCC2)cc1. The summed E-state index contributed by atoms with van der Waals surface area (Å²) in [5, 5.41) is 2.78. The minimum absolute atomic E-state index is 0.361. The Labute approximate surface area is 175 Å². The van der Waals surface area contributed by atoms with Crippen molar-refractivity contribution in [2.75, 3.05) is 46.5 Å². The van der Waals surface area contributed by atoms with Crippen LogP contribution < -0.4 is 10.1 Å².